The highest BCUT2D eigenvalue weighted by atomic mass is 32.1. The van der Waals surface area contributed by atoms with Crippen molar-refractivity contribution in [3.63, 3.8) is 0 Å². The molecule has 2 aromatic carbocycles. The molecule has 31 heavy (non-hydrogen) atoms. The van der Waals surface area contributed by atoms with Gasteiger partial charge in [-0.05, 0) is 36.4 Å². The summed E-state index contributed by atoms with van der Waals surface area (Å²) in [7, 11) is 2.94. The summed E-state index contributed by atoms with van der Waals surface area (Å²) in [5, 5.41) is 4.39. The van der Waals surface area contributed by atoms with Gasteiger partial charge in [0.2, 0.25) is 5.91 Å². The molecular weight excluding hydrogens is 431 g/mol. The van der Waals surface area contributed by atoms with Crippen LogP contribution in [0.15, 0.2) is 53.9 Å². The SMILES string of the molecule is COc1ccc(-c2nc(C(=O)N(C)CC(=O)Nc3ccccc3C(F)(F)F)cs2)cc1. The van der Waals surface area contributed by atoms with Crippen LogP contribution >= 0.6 is 11.3 Å². The Bertz CT molecular complexity index is 1080. The number of amides is 2. The molecule has 6 nitrogen and oxygen atoms in total. The Balaban J connectivity index is 1.66. The Morgan fingerprint density at radius 3 is 2.45 bits per heavy atom. The Labute approximate surface area is 180 Å². The van der Waals surface area contributed by atoms with Crippen molar-refractivity contribution < 1.29 is 27.5 Å². The van der Waals surface area contributed by atoms with Gasteiger partial charge in [-0.1, -0.05) is 12.1 Å². The summed E-state index contributed by atoms with van der Waals surface area (Å²) in [5.41, 5.74) is -0.381. The number of rotatable bonds is 6. The molecule has 3 rings (SSSR count). The lowest BCUT2D eigenvalue weighted by Gasteiger charge is -2.17. The number of likely N-dealkylation sites (N-methyl/N-ethyl adjacent to an activating group) is 1. The van der Waals surface area contributed by atoms with Crippen molar-refractivity contribution in [3.05, 3.63) is 65.2 Å². The van der Waals surface area contributed by atoms with Crippen molar-refractivity contribution in [2.24, 2.45) is 0 Å². The third-order valence-electron chi connectivity index (χ3n) is 4.29. The van der Waals surface area contributed by atoms with E-state index in [-0.39, 0.29) is 11.4 Å². The second-order valence-corrected chi connectivity index (χ2v) is 7.38. The zero-order valence-corrected chi connectivity index (χ0v) is 17.4. The molecule has 3 aromatic rings. The lowest BCUT2D eigenvalue weighted by molar-refractivity contribution is -0.137. The molecule has 0 aliphatic carbocycles. The predicted octanol–water partition coefficient (Wildman–Crippen LogP) is 4.55. The second kappa shape index (κ2) is 9.17. The number of ether oxygens (including phenoxy) is 1. The molecule has 0 fully saturated rings. The second-order valence-electron chi connectivity index (χ2n) is 6.52. The molecule has 0 bridgehead atoms. The molecule has 0 atom stereocenters. The number of aromatic nitrogens is 1. The number of thiazole rings is 1. The molecule has 1 N–H and O–H groups in total. The molecule has 0 saturated carbocycles. The van der Waals surface area contributed by atoms with Crippen molar-refractivity contribution in [3.8, 4) is 16.3 Å². The van der Waals surface area contributed by atoms with Crippen molar-refractivity contribution >= 4 is 28.8 Å². The van der Waals surface area contributed by atoms with Crippen LogP contribution in [0.5, 0.6) is 5.75 Å². The maximum absolute atomic E-state index is 13.1. The number of nitrogens with zero attached hydrogens (tertiary/aromatic N) is 2. The van der Waals surface area contributed by atoms with E-state index in [1.807, 2.05) is 0 Å². The van der Waals surface area contributed by atoms with E-state index in [0.29, 0.717) is 10.8 Å². The van der Waals surface area contributed by atoms with Crippen LogP contribution in [0.3, 0.4) is 0 Å². The summed E-state index contributed by atoms with van der Waals surface area (Å²) in [4.78, 5) is 30.2. The van der Waals surface area contributed by atoms with E-state index in [4.69, 9.17) is 4.74 Å². The van der Waals surface area contributed by atoms with Gasteiger partial charge in [0.15, 0.2) is 0 Å². The highest BCUT2D eigenvalue weighted by molar-refractivity contribution is 7.13. The molecule has 0 spiro atoms. The molecule has 2 amide bonds. The van der Waals surface area contributed by atoms with Crippen LogP contribution in [0, 0.1) is 0 Å². The van der Waals surface area contributed by atoms with Gasteiger partial charge >= 0.3 is 6.18 Å². The minimum atomic E-state index is -4.61. The maximum Gasteiger partial charge on any atom is 0.418 e. The molecule has 10 heteroatoms. The van der Waals surface area contributed by atoms with Crippen LogP contribution in [0.4, 0.5) is 18.9 Å². The maximum atomic E-state index is 13.1. The molecule has 162 valence electrons. The standard InChI is InChI=1S/C21H18F3N3O3S/c1-27(11-18(28)25-16-6-4-3-5-15(16)21(22,23)24)20(29)17-12-31-19(26-17)13-7-9-14(30-2)10-8-13/h3-10,12H,11H2,1-2H3,(H,25,28). The molecule has 1 heterocycles. The van der Waals surface area contributed by atoms with Gasteiger partial charge in [-0.3, -0.25) is 9.59 Å². The quantitative estimate of drug-likeness (QED) is 0.600. The van der Waals surface area contributed by atoms with E-state index in [1.54, 1.807) is 36.8 Å². The summed E-state index contributed by atoms with van der Waals surface area (Å²) in [6.07, 6.45) is -4.61. The summed E-state index contributed by atoms with van der Waals surface area (Å²) in [5.74, 6) is -0.581. The van der Waals surface area contributed by atoms with Crippen LogP contribution < -0.4 is 10.1 Å². The average molecular weight is 449 g/mol. The van der Waals surface area contributed by atoms with Gasteiger partial charge in [-0.15, -0.1) is 11.3 Å². The molecule has 0 unspecified atom stereocenters. The van der Waals surface area contributed by atoms with Crippen LogP contribution in [0.1, 0.15) is 16.1 Å². The lowest BCUT2D eigenvalue weighted by atomic mass is 10.1. The zero-order chi connectivity index (χ0) is 22.6. The average Bonchev–Trinajstić information content (AvgIpc) is 3.23. The normalized spacial score (nSPS) is 11.1. The van der Waals surface area contributed by atoms with Crippen molar-refractivity contribution in [2.75, 3.05) is 26.0 Å². The number of methoxy groups -OCH3 is 1. The van der Waals surface area contributed by atoms with E-state index >= 15 is 0 Å². The first-order valence-electron chi connectivity index (χ1n) is 9.00. The minimum Gasteiger partial charge on any atom is -0.497 e. The van der Waals surface area contributed by atoms with Crippen molar-refractivity contribution in [1.82, 2.24) is 9.88 Å². The fourth-order valence-corrected chi connectivity index (χ4v) is 3.55. The summed E-state index contributed by atoms with van der Waals surface area (Å²) in [6.45, 7) is -0.430. The van der Waals surface area contributed by atoms with Gasteiger partial charge in [0, 0.05) is 18.0 Å². The van der Waals surface area contributed by atoms with Gasteiger partial charge in [-0.2, -0.15) is 13.2 Å². The van der Waals surface area contributed by atoms with Crippen LogP contribution in [0.2, 0.25) is 0 Å². The highest BCUT2D eigenvalue weighted by Gasteiger charge is 2.33. The van der Waals surface area contributed by atoms with E-state index in [9.17, 15) is 22.8 Å². The van der Waals surface area contributed by atoms with E-state index < -0.39 is 30.1 Å². The lowest BCUT2D eigenvalue weighted by Crippen LogP contribution is -2.35. The molecule has 1 aromatic heterocycles. The third-order valence-corrected chi connectivity index (χ3v) is 5.19. The molecule has 0 saturated heterocycles. The number of halogens is 3. The van der Waals surface area contributed by atoms with Gasteiger partial charge in [0.05, 0.1) is 24.9 Å². The molecular formula is C21H18F3N3O3S. The number of para-hydroxylation sites is 1. The topological polar surface area (TPSA) is 71.5 Å². The first kappa shape index (κ1) is 22.3. The first-order valence-corrected chi connectivity index (χ1v) is 9.88. The van der Waals surface area contributed by atoms with Gasteiger partial charge in [0.1, 0.15) is 16.5 Å². The molecule has 0 aliphatic rings. The predicted molar refractivity (Wildman–Crippen MR) is 111 cm³/mol. The fourth-order valence-electron chi connectivity index (χ4n) is 2.75. The first-order chi connectivity index (χ1) is 14.7. The summed E-state index contributed by atoms with van der Waals surface area (Å²) >= 11 is 1.26. The van der Waals surface area contributed by atoms with E-state index in [2.05, 4.69) is 10.3 Å². The third kappa shape index (κ3) is 5.40. The Kier molecular flexibility index (Phi) is 6.59. The van der Waals surface area contributed by atoms with Crippen molar-refractivity contribution in [1.29, 1.82) is 0 Å². The van der Waals surface area contributed by atoms with Gasteiger partial charge in [-0.25, -0.2) is 4.98 Å². The minimum absolute atomic E-state index is 0.141. The largest absolute Gasteiger partial charge is 0.497 e. The Morgan fingerprint density at radius 1 is 1.13 bits per heavy atom. The number of carbonyl (C=O) groups is 2. The summed E-state index contributed by atoms with van der Waals surface area (Å²) < 4.78 is 44.3. The number of carbonyl (C=O) groups excluding carboxylic acids is 2. The Morgan fingerprint density at radius 2 is 1.81 bits per heavy atom. The fraction of sp³-hybridized carbons (Fsp3) is 0.190. The number of alkyl halides is 3. The number of hydrogen-bond donors (Lipinski definition) is 1. The van der Waals surface area contributed by atoms with E-state index in [1.165, 1.54) is 30.5 Å². The number of hydrogen-bond acceptors (Lipinski definition) is 5. The van der Waals surface area contributed by atoms with Crippen LogP contribution in [-0.4, -0.2) is 42.4 Å². The molecule has 0 aliphatic heterocycles. The Hall–Kier alpha value is -3.40. The number of anilines is 1. The van der Waals surface area contributed by atoms with E-state index in [0.717, 1.165) is 22.6 Å². The number of benzene rings is 2. The monoisotopic (exact) mass is 449 g/mol. The smallest absolute Gasteiger partial charge is 0.418 e. The van der Waals surface area contributed by atoms with Gasteiger partial charge < -0.3 is 15.0 Å². The van der Waals surface area contributed by atoms with Crippen LogP contribution in [0.25, 0.3) is 10.6 Å². The highest BCUT2D eigenvalue weighted by Crippen LogP contribution is 2.34. The van der Waals surface area contributed by atoms with Gasteiger partial charge in [0.25, 0.3) is 5.91 Å². The van der Waals surface area contributed by atoms with Crippen LogP contribution in [-0.2, 0) is 11.0 Å². The van der Waals surface area contributed by atoms with Crippen molar-refractivity contribution in [2.45, 2.75) is 6.18 Å². The molecule has 0 radical (unpaired) electrons. The number of nitrogens with one attached hydrogen (secondary N) is 1. The zero-order valence-electron chi connectivity index (χ0n) is 16.6. The summed E-state index contributed by atoms with van der Waals surface area (Å²) in [6, 6.07) is 11.8.